The molecule has 31 heavy (non-hydrogen) atoms. The number of nitrogens with zero attached hydrogens (tertiary/aromatic N) is 2. The normalized spacial score (nSPS) is 16.3. The van der Waals surface area contributed by atoms with Crippen molar-refractivity contribution in [1.29, 1.82) is 0 Å². The number of carbonyl (C=O) groups is 2. The number of thioether (sulfide) groups is 1. The molecule has 1 N–H and O–H groups in total. The smallest absolute Gasteiger partial charge is 0.335 e. The minimum atomic E-state index is -0.995. The van der Waals surface area contributed by atoms with Crippen LogP contribution in [0.3, 0.4) is 0 Å². The van der Waals surface area contributed by atoms with Crippen LogP contribution in [0, 0.1) is 3.57 Å². The summed E-state index contributed by atoms with van der Waals surface area (Å²) in [4.78, 5) is 30.6. The number of amides is 1. The molecule has 1 aliphatic heterocycles. The number of benzene rings is 2. The van der Waals surface area contributed by atoms with E-state index in [1.807, 2.05) is 32.1 Å². The van der Waals surface area contributed by atoms with Crippen molar-refractivity contribution in [3.63, 3.8) is 0 Å². The highest BCUT2D eigenvalue weighted by Crippen LogP contribution is 2.37. The molecule has 0 aliphatic carbocycles. The summed E-state index contributed by atoms with van der Waals surface area (Å²) in [5.74, 6) is 0.166. The number of aliphatic imine (C=N–C) groups is 1. The zero-order valence-corrected chi connectivity index (χ0v) is 20.2. The molecule has 1 fully saturated rings. The molecule has 0 bridgehead atoms. The van der Waals surface area contributed by atoms with Gasteiger partial charge in [-0.15, -0.1) is 0 Å². The van der Waals surface area contributed by atoms with E-state index in [1.165, 1.54) is 23.9 Å². The molecule has 0 unspecified atom stereocenters. The fourth-order valence-electron chi connectivity index (χ4n) is 2.94. The van der Waals surface area contributed by atoms with E-state index >= 15 is 0 Å². The van der Waals surface area contributed by atoms with Crippen molar-refractivity contribution in [2.75, 3.05) is 20.3 Å². The molecule has 1 amide bonds. The van der Waals surface area contributed by atoms with Gasteiger partial charge in [0.1, 0.15) is 0 Å². The number of amidine groups is 1. The molecule has 0 atom stereocenters. The number of halogens is 1. The Morgan fingerprint density at radius 1 is 1.26 bits per heavy atom. The standard InChI is InChI=1S/C22H21IN2O5S/c1-4-25-20(26)18(12-13-10-16(23)19(29-3)17(11-13)30-5-2)31-22(25)24-15-8-6-14(7-9-15)21(27)28/h6-12H,4-5H2,1-3H3,(H,27,28)/b18-12-,24-22?. The van der Waals surface area contributed by atoms with Crippen molar-refractivity contribution in [2.24, 2.45) is 4.99 Å². The van der Waals surface area contributed by atoms with Gasteiger partial charge in [0.15, 0.2) is 16.7 Å². The monoisotopic (exact) mass is 552 g/mol. The molecule has 7 nitrogen and oxygen atoms in total. The first-order valence-electron chi connectivity index (χ1n) is 9.51. The van der Waals surface area contributed by atoms with E-state index in [2.05, 4.69) is 27.6 Å². The summed E-state index contributed by atoms with van der Waals surface area (Å²) in [5, 5.41) is 9.59. The van der Waals surface area contributed by atoms with Crippen LogP contribution in [0.15, 0.2) is 46.3 Å². The van der Waals surface area contributed by atoms with Crippen molar-refractivity contribution in [2.45, 2.75) is 13.8 Å². The van der Waals surface area contributed by atoms with Gasteiger partial charge in [-0.05, 0) is 96.2 Å². The Balaban J connectivity index is 1.94. The fourth-order valence-corrected chi connectivity index (χ4v) is 4.85. The summed E-state index contributed by atoms with van der Waals surface area (Å²) in [5.41, 5.74) is 1.59. The van der Waals surface area contributed by atoms with Gasteiger partial charge in [-0.1, -0.05) is 0 Å². The van der Waals surface area contributed by atoms with Crippen LogP contribution in [0.5, 0.6) is 11.5 Å². The van der Waals surface area contributed by atoms with Gasteiger partial charge in [0, 0.05) is 6.54 Å². The maximum absolute atomic E-state index is 12.9. The number of aromatic carboxylic acids is 1. The molecule has 1 aliphatic rings. The van der Waals surface area contributed by atoms with E-state index in [-0.39, 0.29) is 11.5 Å². The van der Waals surface area contributed by atoms with Crippen molar-refractivity contribution in [3.8, 4) is 11.5 Å². The topological polar surface area (TPSA) is 88.4 Å². The summed E-state index contributed by atoms with van der Waals surface area (Å²) in [6.45, 7) is 4.76. The van der Waals surface area contributed by atoms with Gasteiger partial charge in [-0.2, -0.15) is 0 Å². The lowest BCUT2D eigenvalue weighted by Gasteiger charge is -2.12. The Morgan fingerprint density at radius 3 is 2.55 bits per heavy atom. The minimum absolute atomic E-state index is 0.128. The molecule has 0 spiro atoms. The summed E-state index contributed by atoms with van der Waals surface area (Å²) >= 11 is 3.46. The molecule has 2 aromatic carbocycles. The maximum Gasteiger partial charge on any atom is 0.335 e. The Kier molecular flexibility index (Phi) is 7.60. The fraction of sp³-hybridized carbons (Fsp3) is 0.227. The van der Waals surface area contributed by atoms with Crippen molar-refractivity contribution < 1.29 is 24.2 Å². The van der Waals surface area contributed by atoms with Crippen LogP contribution in [0.1, 0.15) is 29.8 Å². The number of methoxy groups -OCH3 is 1. The third-order valence-corrected chi connectivity index (χ3v) is 6.18. The van der Waals surface area contributed by atoms with Crippen LogP contribution >= 0.6 is 34.4 Å². The van der Waals surface area contributed by atoms with Gasteiger partial charge in [0.2, 0.25) is 0 Å². The van der Waals surface area contributed by atoms with E-state index in [1.54, 1.807) is 24.1 Å². The highest BCUT2D eigenvalue weighted by molar-refractivity contribution is 14.1. The number of rotatable bonds is 7. The predicted octanol–water partition coefficient (Wildman–Crippen LogP) is 5.02. The maximum atomic E-state index is 12.9. The van der Waals surface area contributed by atoms with Crippen molar-refractivity contribution in [3.05, 3.63) is 56.0 Å². The highest BCUT2D eigenvalue weighted by Gasteiger charge is 2.32. The zero-order chi connectivity index (χ0) is 22.5. The summed E-state index contributed by atoms with van der Waals surface area (Å²) < 4.78 is 12.0. The lowest BCUT2D eigenvalue weighted by molar-refractivity contribution is -0.122. The third-order valence-electron chi connectivity index (χ3n) is 4.38. The average Bonchev–Trinajstić information content (AvgIpc) is 3.02. The SMILES string of the molecule is CCOc1cc(/C=C2\SC(=Nc3ccc(C(=O)O)cc3)N(CC)C2=O)cc(I)c1OC. The molecule has 0 saturated carbocycles. The average molecular weight is 552 g/mol. The molecule has 1 heterocycles. The Labute approximate surface area is 198 Å². The molecular weight excluding hydrogens is 531 g/mol. The van der Waals surface area contributed by atoms with E-state index in [0.29, 0.717) is 40.4 Å². The molecular formula is C22H21IN2O5S. The van der Waals surface area contributed by atoms with E-state index < -0.39 is 5.97 Å². The summed E-state index contributed by atoms with van der Waals surface area (Å²) in [6, 6.07) is 10.0. The Hall–Kier alpha value is -2.53. The lowest BCUT2D eigenvalue weighted by atomic mass is 10.2. The zero-order valence-electron chi connectivity index (χ0n) is 17.2. The number of carboxylic acid groups (broad SMARTS) is 1. The summed E-state index contributed by atoms with van der Waals surface area (Å²) in [6.07, 6.45) is 1.82. The van der Waals surface area contributed by atoms with Crippen LogP contribution in [-0.2, 0) is 4.79 Å². The Morgan fingerprint density at radius 2 is 1.97 bits per heavy atom. The van der Waals surface area contributed by atoms with E-state index in [4.69, 9.17) is 14.6 Å². The number of likely N-dealkylation sites (N-methyl/N-ethyl adjacent to an activating group) is 1. The molecule has 1 saturated heterocycles. The van der Waals surface area contributed by atoms with Gasteiger partial charge in [-0.25, -0.2) is 9.79 Å². The molecule has 162 valence electrons. The number of carboxylic acids is 1. The van der Waals surface area contributed by atoms with Crippen LogP contribution in [0.4, 0.5) is 5.69 Å². The second kappa shape index (κ2) is 10.2. The van der Waals surface area contributed by atoms with Gasteiger partial charge < -0.3 is 14.6 Å². The first-order valence-corrected chi connectivity index (χ1v) is 11.4. The Bertz CT molecular complexity index is 1070. The van der Waals surface area contributed by atoms with Crippen LogP contribution in [0.25, 0.3) is 6.08 Å². The predicted molar refractivity (Wildman–Crippen MR) is 130 cm³/mol. The summed E-state index contributed by atoms with van der Waals surface area (Å²) in [7, 11) is 1.60. The van der Waals surface area contributed by atoms with E-state index in [0.717, 1.165) is 9.13 Å². The van der Waals surface area contributed by atoms with E-state index in [9.17, 15) is 9.59 Å². The van der Waals surface area contributed by atoms with Gasteiger partial charge in [-0.3, -0.25) is 9.69 Å². The minimum Gasteiger partial charge on any atom is -0.492 e. The quantitative estimate of drug-likeness (QED) is 0.384. The van der Waals surface area contributed by atoms with Crippen LogP contribution < -0.4 is 9.47 Å². The second-order valence-corrected chi connectivity index (χ2v) is 8.54. The molecule has 0 radical (unpaired) electrons. The highest BCUT2D eigenvalue weighted by atomic mass is 127. The first-order chi connectivity index (χ1) is 14.9. The number of hydrogen-bond donors (Lipinski definition) is 1. The van der Waals surface area contributed by atoms with Gasteiger partial charge in [0.25, 0.3) is 5.91 Å². The number of carbonyl (C=O) groups excluding carboxylic acids is 1. The largest absolute Gasteiger partial charge is 0.492 e. The van der Waals surface area contributed by atoms with Crippen LogP contribution in [-0.4, -0.2) is 47.3 Å². The van der Waals surface area contributed by atoms with Gasteiger partial charge in [0.05, 0.1) is 33.4 Å². The molecule has 9 heteroatoms. The lowest BCUT2D eigenvalue weighted by Crippen LogP contribution is -2.28. The molecule has 2 aromatic rings. The first kappa shape index (κ1) is 23.1. The van der Waals surface area contributed by atoms with Gasteiger partial charge >= 0.3 is 5.97 Å². The van der Waals surface area contributed by atoms with Crippen molar-refractivity contribution >= 4 is 63.2 Å². The number of hydrogen-bond acceptors (Lipinski definition) is 6. The molecule has 0 aromatic heterocycles. The second-order valence-electron chi connectivity index (χ2n) is 6.37. The third kappa shape index (κ3) is 5.21. The number of ether oxygens (including phenoxy) is 2. The molecule has 3 rings (SSSR count). The van der Waals surface area contributed by atoms with Crippen molar-refractivity contribution in [1.82, 2.24) is 4.90 Å². The van der Waals surface area contributed by atoms with Crippen LogP contribution in [0.2, 0.25) is 0 Å².